The lowest BCUT2D eigenvalue weighted by atomic mass is 10.1. The highest BCUT2D eigenvalue weighted by Gasteiger charge is 2.19. The number of aromatic carboxylic acids is 1. The van der Waals surface area contributed by atoms with Crippen LogP contribution >= 0.6 is 0 Å². The molecule has 1 aromatic rings. The molecular formula is C13H15NO6. The number of rotatable bonds is 7. The Labute approximate surface area is 115 Å². The van der Waals surface area contributed by atoms with Gasteiger partial charge in [-0.15, -0.1) is 0 Å². The van der Waals surface area contributed by atoms with Crippen LogP contribution in [0.1, 0.15) is 17.3 Å². The fraction of sp³-hybridized carbons (Fsp3) is 0.308. The van der Waals surface area contributed by atoms with Crippen LogP contribution in [0.4, 0.5) is 5.69 Å². The Bertz CT molecular complexity index is 527. The monoisotopic (exact) mass is 281 g/mol. The molecule has 7 nitrogen and oxygen atoms in total. The first-order valence-electron chi connectivity index (χ1n) is 5.84. The van der Waals surface area contributed by atoms with Gasteiger partial charge in [-0.2, -0.15) is 0 Å². The van der Waals surface area contributed by atoms with E-state index in [0.717, 1.165) is 0 Å². The first kappa shape index (κ1) is 15.5. The van der Waals surface area contributed by atoms with Crippen LogP contribution in [0.15, 0.2) is 24.3 Å². The number of anilines is 1. The molecule has 0 aliphatic rings. The van der Waals surface area contributed by atoms with Crippen molar-refractivity contribution in [3.05, 3.63) is 29.8 Å². The molecule has 7 heteroatoms. The lowest BCUT2D eigenvalue weighted by Gasteiger charge is -2.25. The SMILES string of the molecule is CC(CN(CC(=O)O)c1cccc(C(=O)O)c1)C(=O)O. The second-order valence-electron chi connectivity index (χ2n) is 4.37. The first-order chi connectivity index (χ1) is 9.31. The summed E-state index contributed by atoms with van der Waals surface area (Å²) in [6.45, 7) is 1.03. The largest absolute Gasteiger partial charge is 0.481 e. The van der Waals surface area contributed by atoms with Crippen LogP contribution in [0.2, 0.25) is 0 Å². The summed E-state index contributed by atoms with van der Waals surface area (Å²) in [6.07, 6.45) is 0. The van der Waals surface area contributed by atoms with Crippen molar-refractivity contribution in [3.8, 4) is 0 Å². The van der Waals surface area contributed by atoms with E-state index in [2.05, 4.69) is 0 Å². The van der Waals surface area contributed by atoms with Crippen molar-refractivity contribution >= 4 is 23.6 Å². The van der Waals surface area contributed by atoms with Crippen LogP contribution in [0, 0.1) is 5.92 Å². The first-order valence-corrected chi connectivity index (χ1v) is 5.84. The molecule has 1 aromatic carbocycles. The smallest absolute Gasteiger partial charge is 0.335 e. The second kappa shape index (κ2) is 6.55. The average Bonchev–Trinajstić information content (AvgIpc) is 2.37. The summed E-state index contributed by atoms with van der Waals surface area (Å²) in [6, 6.07) is 5.73. The van der Waals surface area contributed by atoms with E-state index in [9.17, 15) is 14.4 Å². The Morgan fingerprint density at radius 2 is 1.85 bits per heavy atom. The van der Waals surface area contributed by atoms with Crippen molar-refractivity contribution in [1.82, 2.24) is 0 Å². The van der Waals surface area contributed by atoms with Gasteiger partial charge in [0.15, 0.2) is 0 Å². The van der Waals surface area contributed by atoms with E-state index in [4.69, 9.17) is 15.3 Å². The Hall–Kier alpha value is -2.57. The van der Waals surface area contributed by atoms with Gasteiger partial charge < -0.3 is 20.2 Å². The highest BCUT2D eigenvalue weighted by atomic mass is 16.4. The van der Waals surface area contributed by atoms with Gasteiger partial charge in [0.2, 0.25) is 0 Å². The molecule has 0 saturated carbocycles. The molecule has 0 aliphatic heterocycles. The van der Waals surface area contributed by atoms with Gasteiger partial charge in [0.25, 0.3) is 0 Å². The summed E-state index contributed by atoms with van der Waals surface area (Å²) < 4.78 is 0. The highest BCUT2D eigenvalue weighted by Crippen LogP contribution is 2.18. The maximum Gasteiger partial charge on any atom is 0.335 e. The standard InChI is InChI=1S/C13H15NO6/c1-8(12(17)18)6-14(7-11(15)16)10-4-2-3-9(5-10)13(19)20/h2-5,8H,6-7H2,1H3,(H,15,16)(H,17,18)(H,19,20). The van der Waals surface area contributed by atoms with E-state index in [1.807, 2.05) is 0 Å². The van der Waals surface area contributed by atoms with Crippen LogP contribution < -0.4 is 4.90 Å². The summed E-state index contributed by atoms with van der Waals surface area (Å²) in [7, 11) is 0. The zero-order valence-electron chi connectivity index (χ0n) is 10.8. The molecule has 108 valence electrons. The molecule has 1 atom stereocenters. The van der Waals surface area contributed by atoms with E-state index in [-0.39, 0.29) is 12.1 Å². The number of carbonyl (C=O) groups is 3. The van der Waals surface area contributed by atoms with Gasteiger partial charge >= 0.3 is 17.9 Å². The number of benzene rings is 1. The fourth-order valence-corrected chi connectivity index (χ4v) is 1.67. The van der Waals surface area contributed by atoms with Crippen LogP contribution in [-0.4, -0.2) is 46.3 Å². The summed E-state index contributed by atoms with van der Waals surface area (Å²) in [4.78, 5) is 33.9. The summed E-state index contributed by atoms with van der Waals surface area (Å²) in [5.41, 5.74) is 0.376. The Kier molecular flexibility index (Phi) is 5.08. The molecule has 0 aromatic heterocycles. The van der Waals surface area contributed by atoms with E-state index >= 15 is 0 Å². The summed E-state index contributed by atoms with van der Waals surface area (Å²) >= 11 is 0. The number of carboxylic acids is 3. The number of hydrogen-bond donors (Lipinski definition) is 3. The van der Waals surface area contributed by atoms with Crippen LogP contribution in [0.25, 0.3) is 0 Å². The predicted octanol–water partition coefficient (Wildman–Crippen LogP) is 0.996. The van der Waals surface area contributed by atoms with Gasteiger partial charge in [-0.05, 0) is 18.2 Å². The third-order valence-corrected chi connectivity index (χ3v) is 2.70. The minimum atomic E-state index is -1.13. The van der Waals surface area contributed by atoms with Crippen LogP contribution in [0.5, 0.6) is 0 Å². The Morgan fingerprint density at radius 3 is 2.35 bits per heavy atom. The zero-order valence-corrected chi connectivity index (χ0v) is 10.8. The van der Waals surface area contributed by atoms with E-state index in [1.54, 1.807) is 6.07 Å². The van der Waals surface area contributed by atoms with E-state index in [1.165, 1.54) is 30.0 Å². The Morgan fingerprint density at radius 1 is 1.20 bits per heavy atom. The zero-order chi connectivity index (χ0) is 15.3. The number of aliphatic carboxylic acids is 2. The summed E-state index contributed by atoms with van der Waals surface area (Å²) in [5, 5.41) is 26.7. The molecule has 0 amide bonds. The fourth-order valence-electron chi connectivity index (χ4n) is 1.67. The molecule has 0 aliphatic carbocycles. The van der Waals surface area contributed by atoms with Gasteiger partial charge in [0.1, 0.15) is 6.54 Å². The van der Waals surface area contributed by atoms with E-state index in [0.29, 0.717) is 5.69 Å². The molecular weight excluding hydrogens is 266 g/mol. The molecule has 0 heterocycles. The molecule has 0 bridgehead atoms. The predicted molar refractivity (Wildman–Crippen MR) is 70.0 cm³/mol. The number of nitrogens with zero attached hydrogens (tertiary/aromatic N) is 1. The van der Waals surface area contributed by atoms with Gasteiger partial charge in [-0.25, -0.2) is 4.79 Å². The lowest BCUT2D eigenvalue weighted by Crippen LogP contribution is -2.36. The minimum Gasteiger partial charge on any atom is -0.481 e. The van der Waals surface area contributed by atoms with Crippen molar-refractivity contribution in [2.45, 2.75) is 6.92 Å². The van der Waals surface area contributed by atoms with Crippen molar-refractivity contribution in [3.63, 3.8) is 0 Å². The van der Waals surface area contributed by atoms with Crippen LogP contribution in [-0.2, 0) is 9.59 Å². The molecule has 0 fully saturated rings. The Balaban J connectivity index is 3.03. The van der Waals surface area contributed by atoms with Gasteiger partial charge in [0, 0.05) is 12.2 Å². The molecule has 20 heavy (non-hydrogen) atoms. The van der Waals surface area contributed by atoms with Crippen molar-refractivity contribution < 1.29 is 29.7 Å². The third kappa shape index (κ3) is 4.27. The lowest BCUT2D eigenvalue weighted by molar-refractivity contribution is -0.141. The number of hydrogen-bond acceptors (Lipinski definition) is 4. The van der Waals surface area contributed by atoms with Crippen LogP contribution in [0.3, 0.4) is 0 Å². The minimum absolute atomic E-state index is 0.0147. The average molecular weight is 281 g/mol. The second-order valence-corrected chi connectivity index (χ2v) is 4.37. The van der Waals surface area contributed by atoms with E-state index < -0.39 is 30.4 Å². The van der Waals surface area contributed by atoms with Crippen molar-refractivity contribution in [2.75, 3.05) is 18.0 Å². The molecule has 3 N–H and O–H groups in total. The van der Waals surface area contributed by atoms with Gasteiger partial charge in [-0.1, -0.05) is 13.0 Å². The van der Waals surface area contributed by atoms with Gasteiger partial charge in [-0.3, -0.25) is 9.59 Å². The van der Waals surface area contributed by atoms with Gasteiger partial charge in [0.05, 0.1) is 11.5 Å². The highest BCUT2D eigenvalue weighted by molar-refractivity contribution is 5.89. The van der Waals surface area contributed by atoms with Crippen molar-refractivity contribution in [1.29, 1.82) is 0 Å². The summed E-state index contributed by atoms with van der Waals surface area (Å²) in [5.74, 6) is -4.07. The molecule has 1 rings (SSSR count). The third-order valence-electron chi connectivity index (χ3n) is 2.70. The molecule has 0 spiro atoms. The maximum atomic E-state index is 10.9. The number of carboxylic acid groups (broad SMARTS) is 3. The molecule has 0 radical (unpaired) electrons. The quantitative estimate of drug-likeness (QED) is 0.682. The van der Waals surface area contributed by atoms with Crippen molar-refractivity contribution in [2.24, 2.45) is 5.92 Å². The normalized spacial score (nSPS) is 11.7. The maximum absolute atomic E-state index is 10.9. The molecule has 1 unspecified atom stereocenters. The topological polar surface area (TPSA) is 115 Å². The molecule has 0 saturated heterocycles.